The van der Waals surface area contributed by atoms with Crippen molar-refractivity contribution in [3.05, 3.63) is 16.5 Å². The van der Waals surface area contributed by atoms with E-state index in [2.05, 4.69) is 16.7 Å². The van der Waals surface area contributed by atoms with Crippen molar-refractivity contribution in [3.8, 4) is 0 Å². The van der Waals surface area contributed by atoms with Crippen LogP contribution in [0.25, 0.3) is 0 Å². The molecular weight excluding hydrogens is 284 g/mol. The molecule has 1 aromatic heterocycles. The van der Waals surface area contributed by atoms with Crippen molar-refractivity contribution in [1.29, 1.82) is 0 Å². The maximum absolute atomic E-state index is 12.1. The van der Waals surface area contributed by atoms with Crippen molar-refractivity contribution in [2.45, 2.75) is 50.3 Å². The molecule has 4 nitrogen and oxygen atoms in total. The highest BCUT2D eigenvalue weighted by Gasteiger charge is 2.26. The summed E-state index contributed by atoms with van der Waals surface area (Å²) in [7, 11) is 0. The Balaban J connectivity index is 1.93. The average Bonchev–Trinajstić information content (AvgIpc) is 2.71. The molecule has 0 radical (unpaired) electrons. The first-order valence-electron chi connectivity index (χ1n) is 6.54. The monoisotopic (exact) mass is 302 g/mol. The third kappa shape index (κ3) is 3.66. The Morgan fingerprint density at radius 3 is 2.89 bits per heavy atom. The second kappa shape index (κ2) is 6.66. The van der Waals surface area contributed by atoms with E-state index in [1.165, 1.54) is 19.3 Å². The number of aromatic nitrogens is 1. The van der Waals surface area contributed by atoms with Crippen LogP contribution in [0.5, 0.6) is 0 Å². The van der Waals surface area contributed by atoms with Gasteiger partial charge in [0.15, 0.2) is 0 Å². The van der Waals surface area contributed by atoms with Crippen molar-refractivity contribution in [2.24, 2.45) is 0 Å². The molecule has 1 saturated carbocycles. The zero-order valence-corrected chi connectivity index (χ0v) is 12.8. The highest BCUT2D eigenvalue weighted by molar-refractivity contribution is 7.99. The van der Waals surface area contributed by atoms with Crippen LogP contribution in [0.3, 0.4) is 0 Å². The van der Waals surface area contributed by atoms with Gasteiger partial charge in [-0.2, -0.15) is 11.8 Å². The summed E-state index contributed by atoms with van der Waals surface area (Å²) in [4.78, 5) is 12.1. The lowest BCUT2D eigenvalue weighted by Crippen LogP contribution is -2.44. The summed E-state index contributed by atoms with van der Waals surface area (Å²) in [6.45, 7) is 1.79. The van der Waals surface area contributed by atoms with Gasteiger partial charge >= 0.3 is 0 Å². The molecule has 1 aromatic rings. The molecule has 1 aliphatic rings. The third-order valence-electron chi connectivity index (χ3n) is 3.63. The minimum atomic E-state index is -0.000787. The Kier molecular flexibility index (Phi) is 5.16. The Morgan fingerprint density at radius 1 is 1.53 bits per heavy atom. The van der Waals surface area contributed by atoms with E-state index in [-0.39, 0.29) is 23.6 Å². The van der Waals surface area contributed by atoms with E-state index in [0.717, 1.165) is 6.42 Å². The van der Waals surface area contributed by atoms with Crippen LogP contribution in [-0.2, 0) is 11.2 Å². The molecule has 0 spiro atoms. The summed E-state index contributed by atoms with van der Waals surface area (Å²) < 4.78 is 4.86. The van der Waals surface area contributed by atoms with Gasteiger partial charge in [-0.1, -0.05) is 18.0 Å². The molecule has 2 rings (SSSR count). The molecule has 2 atom stereocenters. The van der Waals surface area contributed by atoms with E-state index in [4.69, 9.17) is 16.1 Å². The maximum Gasteiger partial charge on any atom is 0.229 e. The zero-order chi connectivity index (χ0) is 13.8. The molecule has 6 heteroatoms. The van der Waals surface area contributed by atoms with Gasteiger partial charge in [0.2, 0.25) is 11.1 Å². The Labute approximate surface area is 122 Å². The fraction of sp³-hybridized carbons (Fsp3) is 0.692. The standard InChI is InChI=1S/C13H19ClN2O2S/c1-8-9(13(14)18-16-8)7-12(17)15-10-5-3-4-6-11(10)19-2/h10-11H,3-7H2,1-2H3,(H,15,17)/t10-,11-/m1/s1. The van der Waals surface area contributed by atoms with Gasteiger partial charge in [-0.3, -0.25) is 4.79 Å². The summed E-state index contributed by atoms with van der Waals surface area (Å²) in [5, 5.41) is 7.63. The fourth-order valence-corrected chi connectivity index (χ4v) is 3.69. The molecule has 0 bridgehead atoms. The van der Waals surface area contributed by atoms with E-state index in [1.54, 1.807) is 6.92 Å². The van der Waals surface area contributed by atoms with Gasteiger partial charge in [-0.05, 0) is 37.6 Å². The van der Waals surface area contributed by atoms with Crippen LogP contribution in [0.4, 0.5) is 0 Å². The summed E-state index contributed by atoms with van der Waals surface area (Å²) in [5.41, 5.74) is 1.38. The molecule has 1 aliphatic carbocycles. The van der Waals surface area contributed by atoms with Crippen LogP contribution in [0.1, 0.15) is 36.9 Å². The van der Waals surface area contributed by atoms with Gasteiger partial charge < -0.3 is 9.84 Å². The lowest BCUT2D eigenvalue weighted by molar-refractivity contribution is -0.121. The fourth-order valence-electron chi connectivity index (χ4n) is 2.52. The predicted molar refractivity (Wildman–Crippen MR) is 77.7 cm³/mol. The average molecular weight is 303 g/mol. The number of hydrogen-bond donors (Lipinski definition) is 1. The second-order valence-electron chi connectivity index (χ2n) is 4.93. The molecule has 0 aliphatic heterocycles. The number of rotatable bonds is 4. The number of carbonyl (C=O) groups is 1. The Morgan fingerprint density at radius 2 is 2.26 bits per heavy atom. The van der Waals surface area contributed by atoms with E-state index in [0.29, 0.717) is 16.5 Å². The van der Waals surface area contributed by atoms with Crippen molar-refractivity contribution in [1.82, 2.24) is 10.5 Å². The van der Waals surface area contributed by atoms with E-state index < -0.39 is 0 Å². The highest BCUT2D eigenvalue weighted by atomic mass is 35.5. The van der Waals surface area contributed by atoms with E-state index in [1.807, 2.05) is 11.8 Å². The van der Waals surface area contributed by atoms with Gasteiger partial charge in [0.25, 0.3) is 0 Å². The number of nitrogens with zero attached hydrogens (tertiary/aromatic N) is 1. The number of carbonyl (C=O) groups excluding carboxylic acids is 1. The maximum atomic E-state index is 12.1. The quantitative estimate of drug-likeness (QED) is 0.929. The van der Waals surface area contributed by atoms with Crippen LogP contribution in [0.15, 0.2) is 4.52 Å². The Bertz CT molecular complexity index is 430. The first-order valence-corrected chi connectivity index (χ1v) is 8.21. The number of nitrogens with one attached hydrogen (secondary N) is 1. The first-order chi connectivity index (χ1) is 9.11. The van der Waals surface area contributed by atoms with Crippen LogP contribution in [0, 0.1) is 6.92 Å². The van der Waals surface area contributed by atoms with Crippen LogP contribution in [-0.4, -0.2) is 28.6 Å². The molecule has 1 amide bonds. The van der Waals surface area contributed by atoms with Gasteiger partial charge in [-0.25, -0.2) is 0 Å². The number of thioether (sulfide) groups is 1. The first kappa shape index (κ1) is 14.7. The summed E-state index contributed by atoms with van der Waals surface area (Å²) >= 11 is 7.71. The third-order valence-corrected chi connectivity index (χ3v) is 5.09. The van der Waals surface area contributed by atoms with E-state index >= 15 is 0 Å². The molecule has 0 saturated heterocycles. The smallest absolute Gasteiger partial charge is 0.229 e. The normalized spacial score (nSPS) is 23.3. The SMILES string of the molecule is CS[C@@H]1CCCC[C@H]1NC(=O)Cc1c(C)noc1Cl. The second-order valence-corrected chi connectivity index (χ2v) is 6.35. The summed E-state index contributed by atoms with van der Waals surface area (Å²) in [6, 6.07) is 0.273. The topological polar surface area (TPSA) is 55.1 Å². The Hall–Kier alpha value is -0.680. The number of amides is 1. The van der Waals surface area contributed by atoms with Gasteiger partial charge in [-0.15, -0.1) is 0 Å². The van der Waals surface area contributed by atoms with Crippen molar-refractivity contribution in [2.75, 3.05) is 6.26 Å². The van der Waals surface area contributed by atoms with Crippen LogP contribution >= 0.6 is 23.4 Å². The molecule has 106 valence electrons. The van der Waals surface area contributed by atoms with Crippen LogP contribution < -0.4 is 5.32 Å². The molecule has 1 heterocycles. The number of aryl methyl sites for hydroxylation is 1. The summed E-state index contributed by atoms with van der Waals surface area (Å²) in [5.74, 6) is -0.000787. The molecule has 0 unspecified atom stereocenters. The van der Waals surface area contributed by atoms with Crippen molar-refractivity contribution in [3.63, 3.8) is 0 Å². The number of hydrogen-bond acceptors (Lipinski definition) is 4. The molecule has 0 aromatic carbocycles. The van der Waals surface area contributed by atoms with Gasteiger partial charge in [0, 0.05) is 16.9 Å². The lowest BCUT2D eigenvalue weighted by Gasteiger charge is -2.30. The highest BCUT2D eigenvalue weighted by Crippen LogP contribution is 2.27. The molecular formula is C13H19ClN2O2S. The molecule has 1 fully saturated rings. The largest absolute Gasteiger partial charge is 0.352 e. The summed E-state index contributed by atoms with van der Waals surface area (Å²) in [6.07, 6.45) is 7.04. The van der Waals surface area contributed by atoms with Gasteiger partial charge in [0.1, 0.15) is 0 Å². The van der Waals surface area contributed by atoms with Gasteiger partial charge in [0.05, 0.1) is 12.1 Å². The molecule has 1 N–H and O–H groups in total. The predicted octanol–water partition coefficient (Wildman–Crippen LogP) is 2.97. The molecule has 19 heavy (non-hydrogen) atoms. The van der Waals surface area contributed by atoms with Crippen molar-refractivity contribution >= 4 is 29.3 Å². The minimum absolute atomic E-state index is 0.000787. The minimum Gasteiger partial charge on any atom is -0.352 e. The lowest BCUT2D eigenvalue weighted by atomic mass is 9.94. The van der Waals surface area contributed by atoms with E-state index in [9.17, 15) is 4.79 Å². The van der Waals surface area contributed by atoms with Crippen molar-refractivity contribution < 1.29 is 9.32 Å². The number of halogens is 1. The zero-order valence-electron chi connectivity index (χ0n) is 11.2. The van der Waals surface area contributed by atoms with Crippen LogP contribution in [0.2, 0.25) is 5.22 Å².